The summed E-state index contributed by atoms with van der Waals surface area (Å²) >= 11 is 3.90. The van der Waals surface area contributed by atoms with Gasteiger partial charge in [-0.05, 0) is 35.4 Å². The van der Waals surface area contributed by atoms with E-state index in [9.17, 15) is 0 Å². The molecule has 6 heteroatoms. The van der Waals surface area contributed by atoms with Crippen molar-refractivity contribution in [2.45, 2.75) is 42.5 Å². The summed E-state index contributed by atoms with van der Waals surface area (Å²) in [4.78, 5) is 0. The Bertz CT molecular complexity index is 310. The lowest BCUT2D eigenvalue weighted by Gasteiger charge is -2.07. The largest absolute Gasteiger partial charge is 0.224 e. The summed E-state index contributed by atoms with van der Waals surface area (Å²) in [6.07, 6.45) is 7.00. The fourth-order valence-corrected chi connectivity index (χ4v) is 4.15. The van der Waals surface area contributed by atoms with Crippen molar-refractivity contribution in [2.24, 2.45) is 7.05 Å². The zero-order chi connectivity index (χ0) is 11.2. The Morgan fingerprint density at radius 1 is 1.31 bits per heavy atom. The fourth-order valence-electron chi connectivity index (χ4n) is 1.87. The van der Waals surface area contributed by atoms with E-state index < -0.39 is 0 Å². The van der Waals surface area contributed by atoms with Crippen LogP contribution in [0.2, 0.25) is 0 Å². The average Bonchev–Trinajstić information content (AvgIpc) is 2.90. The summed E-state index contributed by atoms with van der Waals surface area (Å²) in [6.45, 7) is 0. The summed E-state index contributed by atoms with van der Waals surface area (Å²) in [7, 11) is 1.88. The van der Waals surface area contributed by atoms with Gasteiger partial charge in [0.2, 0.25) is 5.16 Å². The molecular weight excluding hydrogens is 240 g/mol. The van der Waals surface area contributed by atoms with E-state index in [1.807, 2.05) is 7.05 Å². The number of rotatable bonds is 6. The van der Waals surface area contributed by atoms with Gasteiger partial charge in [-0.25, -0.2) is 4.68 Å². The Morgan fingerprint density at radius 2 is 2.12 bits per heavy atom. The van der Waals surface area contributed by atoms with Gasteiger partial charge in [0, 0.05) is 18.1 Å². The molecule has 0 radical (unpaired) electrons. The lowest BCUT2D eigenvalue weighted by molar-refractivity contribution is 0.664. The van der Waals surface area contributed by atoms with Gasteiger partial charge < -0.3 is 0 Å². The van der Waals surface area contributed by atoms with E-state index in [1.165, 1.54) is 37.9 Å². The molecule has 4 nitrogen and oxygen atoms in total. The molecule has 1 heterocycles. The van der Waals surface area contributed by atoms with Crippen molar-refractivity contribution in [1.82, 2.24) is 20.2 Å². The Hall–Kier alpha value is -0.230. The van der Waals surface area contributed by atoms with Crippen LogP contribution in [0.15, 0.2) is 5.16 Å². The van der Waals surface area contributed by atoms with E-state index in [2.05, 4.69) is 27.3 Å². The van der Waals surface area contributed by atoms with E-state index in [1.54, 1.807) is 16.4 Å². The van der Waals surface area contributed by atoms with E-state index in [4.69, 9.17) is 0 Å². The zero-order valence-corrected chi connectivity index (χ0v) is 11.3. The predicted octanol–water partition coefficient (Wildman–Crippen LogP) is 2.37. The second kappa shape index (κ2) is 6.49. The molecule has 0 aromatic carbocycles. The van der Waals surface area contributed by atoms with Gasteiger partial charge in [0.25, 0.3) is 0 Å². The molecule has 0 N–H and O–H groups in total. The van der Waals surface area contributed by atoms with Crippen molar-refractivity contribution in [3.05, 3.63) is 0 Å². The van der Waals surface area contributed by atoms with Crippen LogP contribution >= 0.6 is 23.5 Å². The second-order valence-electron chi connectivity index (χ2n) is 4.06. The van der Waals surface area contributed by atoms with Crippen LogP contribution in [0, 0.1) is 0 Å². The third kappa shape index (κ3) is 3.66. The first-order chi connectivity index (χ1) is 7.86. The van der Waals surface area contributed by atoms with Gasteiger partial charge in [-0.15, -0.1) is 5.10 Å². The quantitative estimate of drug-likeness (QED) is 0.579. The molecule has 0 unspecified atom stereocenters. The lowest BCUT2D eigenvalue weighted by atomic mass is 10.4. The van der Waals surface area contributed by atoms with Gasteiger partial charge in [-0.1, -0.05) is 24.6 Å². The van der Waals surface area contributed by atoms with E-state index in [0.717, 1.165) is 16.2 Å². The minimum absolute atomic E-state index is 0.922. The summed E-state index contributed by atoms with van der Waals surface area (Å²) < 4.78 is 1.73. The highest BCUT2D eigenvalue weighted by Gasteiger charge is 2.14. The summed E-state index contributed by atoms with van der Waals surface area (Å²) in [5.74, 6) is 2.40. The average molecular weight is 258 g/mol. The van der Waals surface area contributed by atoms with Gasteiger partial charge in [-0.3, -0.25) is 0 Å². The number of thioether (sulfide) groups is 2. The monoisotopic (exact) mass is 258 g/mol. The zero-order valence-electron chi connectivity index (χ0n) is 9.63. The number of nitrogens with zero attached hydrogens (tertiary/aromatic N) is 4. The SMILES string of the molecule is Cn1nnnc1SCCCSC1CCCC1. The molecule has 2 rings (SSSR count). The molecule has 16 heavy (non-hydrogen) atoms. The molecule has 90 valence electrons. The summed E-state index contributed by atoms with van der Waals surface area (Å²) in [6, 6.07) is 0. The van der Waals surface area contributed by atoms with Crippen molar-refractivity contribution < 1.29 is 0 Å². The van der Waals surface area contributed by atoms with Crippen molar-refractivity contribution in [3.8, 4) is 0 Å². The smallest absolute Gasteiger partial charge is 0.209 e. The van der Waals surface area contributed by atoms with Crippen LogP contribution in [0.25, 0.3) is 0 Å². The van der Waals surface area contributed by atoms with E-state index in [-0.39, 0.29) is 0 Å². The van der Waals surface area contributed by atoms with Crippen molar-refractivity contribution in [1.29, 1.82) is 0 Å². The van der Waals surface area contributed by atoms with Crippen molar-refractivity contribution in [3.63, 3.8) is 0 Å². The number of hydrogen-bond acceptors (Lipinski definition) is 5. The molecule has 1 saturated carbocycles. The topological polar surface area (TPSA) is 43.6 Å². The molecule has 1 aliphatic carbocycles. The maximum Gasteiger partial charge on any atom is 0.209 e. The third-order valence-electron chi connectivity index (χ3n) is 2.76. The first-order valence-corrected chi connectivity index (χ1v) is 7.86. The molecule has 1 aromatic rings. The van der Waals surface area contributed by atoms with E-state index >= 15 is 0 Å². The highest BCUT2D eigenvalue weighted by Crippen LogP contribution is 2.30. The molecule has 1 fully saturated rings. The highest BCUT2D eigenvalue weighted by atomic mass is 32.2. The third-order valence-corrected chi connectivity index (χ3v) is 5.32. The van der Waals surface area contributed by atoms with Gasteiger partial charge in [0.1, 0.15) is 0 Å². The molecular formula is C10H18N4S2. The maximum atomic E-state index is 3.95. The molecule has 1 aliphatic rings. The summed E-state index contributed by atoms with van der Waals surface area (Å²) in [5.41, 5.74) is 0. The minimum atomic E-state index is 0.922. The molecule has 0 amide bonds. The Balaban J connectivity index is 1.53. The fraction of sp³-hybridized carbons (Fsp3) is 0.900. The van der Waals surface area contributed by atoms with Crippen molar-refractivity contribution in [2.75, 3.05) is 11.5 Å². The number of tetrazole rings is 1. The highest BCUT2D eigenvalue weighted by molar-refractivity contribution is 8.00. The number of hydrogen-bond donors (Lipinski definition) is 0. The normalized spacial score (nSPS) is 17.1. The molecule has 0 aliphatic heterocycles. The Labute approximate surface area is 105 Å². The first-order valence-electron chi connectivity index (χ1n) is 5.83. The summed E-state index contributed by atoms with van der Waals surface area (Å²) in [5, 5.41) is 13.2. The Morgan fingerprint density at radius 3 is 2.81 bits per heavy atom. The minimum Gasteiger partial charge on any atom is -0.224 e. The first kappa shape index (κ1) is 12.2. The molecule has 0 atom stereocenters. The predicted molar refractivity (Wildman–Crippen MR) is 68.9 cm³/mol. The van der Waals surface area contributed by atoms with Crippen LogP contribution in [0.4, 0.5) is 0 Å². The maximum absolute atomic E-state index is 3.95. The Kier molecular flexibility index (Phi) is 4.96. The van der Waals surface area contributed by atoms with Gasteiger partial charge in [0.15, 0.2) is 0 Å². The second-order valence-corrected chi connectivity index (χ2v) is 6.53. The van der Waals surface area contributed by atoms with Crippen LogP contribution in [-0.2, 0) is 7.05 Å². The molecule has 0 saturated heterocycles. The standard InChI is InChI=1S/C10H18N4S2/c1-14-10(11-12-13-14)16-8-4-7-15-9-5-2-3-6-9/h9H,2-8H2,1H3. The van der Waals surface area contributed by atoms with Crippen LogP contribution in [0.3, 0.4) is 0 Å². The molecule has 0 bridgehead atoms. The molecule has 1 aromatic heterocycles. The number of aromatic nitrogens is 4. The van der Waals surface area contributed by atoms with Crippen LogP contribution in [0.5, 0.6) is 0 Å². The number of aryl methyl sites for hydroxylation is 1. The lowest BCUT2D eigenvalue weighted by Crippen LogP contribution is -1.97. The van der Waals surface area contributed by atoms with Crippen LogP contribution in [-0.4, -0.2) is 37.0 Å². The van der Waals surface area contributed by atoms with Gasteiger partial charge in [0.05, 0.1) is 0 Å². The van der Waals surface area contributed by atoms with Gasteiger partial charge >= 0.3 is 0 Å². The van der Waals surface area contributed by atoms with E-state index in [0.29, 0.717) is 0 Å². The van der Waals surface area contributed by atoms with Gasteiger partial charge in [-0.2, -0.15) is 11.8 Å². The van der Waals surface area contributed by atoms with Crippen LogP contribution in [0.1, 0.15) is 32.1 Å². The molecule has 0 spiro atoms. The van der Waals surface area contributed by atoms with Crippen LogP contribution < -0.4 is 0 Å². The van der Waals surface area contributed by atoms with Crippen molar-refractivity contribution >= 4 is 23.5 Å².